The van der Waals surface area contributed by atoms with Crippen LogP contribution in [0.3, 0.4) is 0 Å². The van der Waals surface area contributed by atoms with E-state index in [-0.39, 0.29) is 11.6 Å². The fourth-order valence-corrected chi connectivity index (χ4v) is 1.75. The minimum atomic E-state index is -4.59. The zero-order valence-electron chi connectivity index (χ0n) is 13.0. The van der Waals surface area contributed by atoms with Crippen molar-refractivity contribution in [3.63, 3.8) is 0 Å². The molecule has 2 rings (SSSR count). The van der Waals surface area contributed by atoms with E-state index in [1.807, 2.05) is 0 Å². The van der Waals surface area contributed by atoms with Gasteiger partial charge >= 0.3 is 6.18 Å². The van der Waals surface area contributed by atoms with Crippen molar-refractivity contribution < 1.29 is 17.9 Å². The van der Waals surface area contributed by atoms with Crippen LogP contribution in [-0.4, -0.2) is 16.7 Å². The van der Waals surface area contributed by atoms with Crippen LogP contribution in [-0.2, 0) is 6.18 Å². The Balaban J connectivity index is 2.30. The highest BCUT2D eigenvalue weighted by Gasteiger charge is 2.32. The number of para-hydroxylation sites is 1. The molecule has 4 nitrogen and oxygen atoms in total. The number of nitrogens with zero attached hydrogens (tertiary/aromatic N) is 2. The van der Waals surface area contributed by atoms with Gasteiger partial charge in [0.1, 0.15) is 17.1 Å². The molecule has 1 aromatic carbocycles. The van der Waals surface area contributed by atoms with Crippen LogP contribution in [0.2, 0.25) is 0 Å². The van der Waals surface area contributed by atoms with Crippen molar-refractivity contribution >= 4 is 11.7 Å². The van der Waals surface area contributed by atoms with E-state index < -0.39 is 17.7 Å². The molecule has 0 radical (unpaired) electrons. The van der Waals surface area contributed by atoms with Crippen molar-refractivity contribution in [3.05, 3.63) is 84.7 Å². The number of pyridine rings is 1. The van der Waals surface area contributed by atoms with Gasteiger partial charge in [-0.1, -0.05) is 43.0 Å². The maximum Gasteiger partial charge on any atom is 0.433 e. The molecule has 0 fully saturated rings. The van der Waals surface area contributed by atoms with Crippen molar-refractivity contribution in [1.29, 1.82) is 5.41 Å². The fraction of sp³-hybridized carbons (Fsp3) is 0.0556. The minimum absolute atomic E-state index is 0.0234. The van der Waals surface area contributed by atoms with Crippen molar-refractivity contribution in [2.24, 2.45) is 4.99 Å². The SMILES string of the molecule is C=C/C=C/C(=NC(=N)c1cccc(C(F)(F)F)n1)Oc1ccccc1. The van der Waals surface area contributed by atoms with Crippen LogP contribution >= 0.6 is 0 Å². The van der Waals surface area contributed by atoms with Crippen molar-refractivity contribution in [3.8, 4) is 5.75 Å². The number of hydrogen-bond donors (Lipinski definition) is 1. The molecule has 0 aliphatic carbocycles. The molecule has 1 heterocycles. The molecular formula is C18H14F3N3O. The number of allylic oxidation sites excluding steroid dienone is 2. The number of alkyl halides is 3. The fourth-order valence-electron chi connectivity index (χ4n) is 1.75. The largest absolute Gasteiger partial charge is 0.439 e. The third-order valence-electron chi connectivity index (χ3n) is 2.84. The number of aromatic nitrogens is 1. The third kappa shape index (κ3) is 5.42. The molecule has 0 atom stereocenters. The van der Waals surface area contributed by atoms with Gasteiger partial charge in [0.25, 0.3) is 0 Å². The van der Waals surface area contributed by atoms with E-state index >= 15 is 0 Å². The zero-order chi connectivity index (χ0) is 18.3. The van der Waals surface area contributed by atoms with E-state index in [2.05, 4.69) is 16.6 Å². The first kappa shape index (κ1) is 18.1. The van der Waals surface area contributed by atoms with Gasteiger partial charge in [-0.3, -0.25) is 5.41 Å². The quantitative estimate of drug-likeness (QED) is 0.498. The monoisotopic (exact) mass is 345 g/mol. The van der Waals surface area contributed by atoms with Crippen LogP contribution < -0.4 is 4.74 Å². The highest BCUT2D eigenvalue weighted by Crippen LogP contribution is 2.27. The van der Waals surface area contributed by atoms with Crippen LogP contribution in [0.5, 0.6) is 5.75 Å². The molecule has 7 heteroatoms. The minimum Gasteiger partial charge on any atom is -0.439 e. The first-order valence-corrected chi connectivity index (χ1v) is 7.14. The van der Waals surface area contributed by atoms with E-state index in [0.29, 0.717) is 5.75 Å². The standard InChI is InChI=1S/C18H14F3N3O/c1-2-3-12-16(25-13-8-5-4-6-9-13)24-17(22)14-10-7-11-15(23-14)18(19,20)21/h2-12,22H,1H2/b12-3+,22-17?,24-16?. The van der Waals surface area contributed by atoms with Crippen LogP contribution in [0.4, 0.5) is 13.2 Å². The lowest BCUT2D eigenvalue weighted by atomic mass is 10.3. The van der Waals surface area contributed by atoms with Crippen molar-refractivity contribution in [1.82, 2.24) is 4.98 Å². The predicted molar refractivity (Wildman–Crippen MR) is 89.9 cm³/mol. The van der Waals surface area contributed by atoms with E-state index in [1.54, 1.807) is 30.3 Å². The summed E-state index contributed by atoms with van der Waals surface area (Å²) in [5.41, 5.74) is -1.30. The molecule has 1 N–H and O–H groups in total. The second kappa shape index (κ2) is 8.05. The Kier molecular flexibility index (Phi) is 5.84. The summed E-state index contributed by atoms with van der Waals surface area (Å²) in [6.07, 6.45) is -0.126. The van der Waals surface area contributed by atoms with Gasteiger partial charge in [0.15, 0.2) is 5.84 Å². The number of halogens is 3. The number of nitrogens with one attached hydrogen (secondary N) is 1. The van der Waals surface area contributed by atoms with Gasteiger partial charge < -0.3 is 4.74 Å². The summed E-state index contributed by atoms with van der Waals surface area (Å²) in [4.78, 5) is 7.34. The molecule has 2 aromatic rings. The van der Waals surface area contributed by atoms with Gasteiger partial charge in [-0.15, -0.1) is 0 Å². The molecule has 0 amide bonds. The first-order chi connectivity index (χ1) is 11.9. The molecule has 0 spiro atoms. The molecule has 1 aromatic heterocycles. The second-order valence-corrected chi connectivity index (χ2v) is 4.71. The summed E-state index contributed by atoms with van der Waals surface area (Å²) in [5.74, 6) is 0.0424. The summed E-state index contributed by atoms with van der Waals surface area (Å²) in [6.45, 7) is 3.53. The Morgan fingerprint density at radius 3 is 2.48 bits per heavy atom. The molecule has 0 bridgehead atoms. The average molecular weight is 345 g/mol. The molecule has 25 heavy (non-hydrogen) atoms. The summed E-state index contributed by atoms with van der Waals surface area (Å²) < 4.78 is 43.7. The number of aliphatic imine (C=N–C) groups is 1. The molecule has 0 saturated carbocycles. The Morgan fingerprint density at radius 1 is 1.12 bits per heavy atom. The molecule has 0 aliphatic rings. The van der Waals surface area contributed by atoms with Gasteiger partial charge in [-0.2, -0.15) is 18.2 Å². The Labute approximate surface area is 142 Å². The van der Waals surface area contributed by atoms with E-state index in [0.717, 1.165) is 6.07 Å². The normalized spacial score (nSPS) is 12.2. The summed E-state index contributed by atoms with van der Waals surface area (Å²) >= 11 is 0. The van der Waals surface area contributed by atoms with Gasteiger partial charge in [0, 0.05) is 6.08 Å². The maximum absolute atomic E-state index is 12.7. The third-order valence-corrected chi connectivity index (χ3v) is 2.84. The first-order valence-electron chi connectivity index (χ1n) is 7.14. The molecule has 128 valence electrons. The summed E-state index contributed by atoms with van der Waals surface area (Å²) in [6, 6.07) is 12.0. The van der Waals surface area contributed by atoms with Gasteiger partial charge in [0.2, 0.25) is 5.90 Å². The lowest BCUT2D eigenvalue weighted by molar-refractivity contribution is -0.141. The van der Waals surface area contributed by atoms with Crippen LogP contribution in [0, 0.1) is 5.41 Å². The molecule has 0 aliphatic heterocycles. The van der Waals surface area contributed by atoms with Crippen molar-refractivity contribution in [2.75, 3.05) is 0 Å². The zero-order valence-corrected chi connectivity index (χ0v) is 13.0. The number of rotatable bonds is 4. The average Bonchev–Trinajstić information content (AvgIpc) is 2.60. The summed E-state index contributed by atoms with van der Waals surface area (Å²) in [7, 11) is 0. The van der Waals surface area contributed by atoms with Gasteiger partial charge in [0.05, 0.1) is 0 Å². The predicted octanol–water partition coefficient (Wildman–Crippen LogP) is 4.65. The highest BCUT2D eigenvalue weighted by molar-refractivity contribution is 6.05. The number of benzene rings is 1. The highest BCUT2D eigenvalue weighted by atomic mass is 19.4. The van der Waals surface area contributed by atoms with Gasteiger partial charge in [-0.05, 0) is 24.3 Å². The lowest BCUT2D eigenvalue weighted by Crippen LogP contribution is -2.13. The van der Waals surface area contributed by atoms with Crippen LogP contribution in [0.25, 0.3) is 0 Å². The van der Waals surface area contributed by atoms with E-state index in [4.69, 9.17) is 10.1 Å². The Bertz CT molecular complexity index is 812. The molecule has 0 saturated heterocycles. The van der Waals surface area contributed by atoms with Crippen LogP contribution in [0.1, 0.15) is 11.4 Å². The lowest BCUT2D eigenvalue weighted by Gasteiger charge is -2.08. The number of amidine groups is 1. The Hall–Kier alpha value is -3.22. The van der Waals surface area contributed by atoms with Crippen molar-refractivity contribution in [2.45, 2.75) is 6.18 Å². The van der Waals surface area contributed by atoms with Crippen LogP contribution in [0.15, 0.2) is 78.3 Å². The topological polar surface area (TPSA) is 58.3 Å². The second-order valence-electron chi connectivity index (χ2n) is 4.71. The maximum atomic E-state index is 12.7. The smallest absolute Gasteiger partial charge is 0.433 e. The number of ether oxygens (including phenoxy) is 1. The molecular weight excluding hydrogens is 331 g/mol. The summed E-state index contributed by atoms with van der Waals surface area (Å²) in [5, 5.41) is 7.91. The Morgan fingerprint density at radius 2 is 1.84 bits per heavy atom. The van der Waals surface area contributed by atoms with E-state index in [1.165, 1.54) is 30.4 Å². The molecule has 0 unspecified atom stereocenters. The van der Waals surface area contributed by atoms with E-state index in [9.17, 15) is 13.2 Å². The number of hydrogen-bond acceptors (Lipinski definition) is 3. The van der Waals surface area contributed by atoms with Gasteiger partial charge in [-0.25, -0.2) is 4.98 Å².